The molecule has 4 aromatic rings. The Hall–Kier alpha value is -3.49. The number of benzene rings is 2. The van der Waals surface area contributed by atoms with Crippen LogP contribution in [0.3, 0.4) is 0 Å². The van der Waals surface area contributed by atoms with Gasteiger partial charge in [0.2, 0.25) is 5.91 Å². The number of rotatable bonds is 8. The number of nitrogens with zero attached hydrogens (tertiary/aromatic N) is 2. The molecule has 162 valence electrons. The Balaban J connectivity index is 1.39. The number of carbonyl (C=O) groups is 2. The fourth-order valence-corrected chi connectivity index (χ4v) is 3.83. The van der Waals surface area contributed by atoms with E-state index in [4.69, 9.17) is 16.0 Å². The van der Waals surface area contributed by atoms with Crippen molar-refractivity contribution < 1.29 is 14.0 Å². The van der Waals surface area contributed by atoms with Gasteiger partial charge < -0.3 is 15.1 Å². The summed E-state index contributed by atoms with van der Waals surface area (Å²) in [6.45, 7) is 0.310. The minimum Gasteiger partial charge on any atom is -0.467 e. The molecule has 7 nitrogen and oxygen atoms in total. The van der Waals surface area contributed by atoms with Crippen LogP contribution in [-0.4, -0.2) is 27.1 Å². The summed E-state index contributed by atoms with van der Waals surface area (Å²) >= 11 is 7.17. The Morgan fingerprint density at radius 1 is 1.09 bits per heavy atom. The third kappa shape index (κ3) is 5.60. The number of hydrogen-bond acceptors (Lipinski definition) is 5. The molecular weight excluding hydrogens is 448 g/mol. The van der Waals surface area contributed by atoms with Crippen LogP contribution in [0.1, 0.15) is 16.1 Å². The number of hydrogen-bond donors (Lipinski definition) is 2. The third-order valence-electron chi connectivity index (χ3n) is 4.46. The molecule has 0 radical (unpaired) electrons. The van der Waals surface area contributed by atoms with Crippen LogP contribution >= 0.6 is 23.4 Å². The van der Waals surface area contributed by atoms with Gasteiger partial charge in [-0.2, -0.15) is 0 Å². The van der Waals surface area contributed by atoms with Gasteiger partial charge >= 0.3 is 0 Å². The van der Waals surface area contributed by atoms with Gasteiger partial charge in [0, 0.05) is 34.4 Å². The summed E-state index contributed by atoms with van der Waals surface area (Å²) < 4.78 is 7.08. The lowest BCUT2D eigenvalue weighted by Gasteiger charge is -2.10. The maximum atomic E-state index is 12.5. The largest absolute Gasteiger partial charge is 0.467 e. The van der Waals surface area contributed by atoms with Gasteiger partial charge in [-0.05, 0) is 54.6 Å². The molecule has 0 fully saturated rings. The standard InChI is InChI=1S/C23H19ClN4O3S/c24-17-6-8-18(9-7-17)27-21(29)15-32-23-25-10-11-28(23)19-4-1-3-16(13-19)22(30)26-14-20-5-2-12-31-20/h1-13H,14-15H2,(H,26,30)(H,27,29). The van der Waals surface area contributed by atoms with Crippen molar-refractivity contribution >= 4 is 40.9 Å². The monoisotopic (exact) mass is 466 g/mol. The maximum Gasteiger partial charge on any atom is 0.251 e. The Kier molecular flexibility index (Phi) is 6.94. The Bertz CT molecular complexity index is 1210. The highest BCUT2D eigenvalue weighted by molar-refractivity contribution is 7.99. The summed E-state index contributed by atoms with van der Waals surface area (Å²) in [4.78, 5) is 29.1. The fourth-order valence-electron chi connectivity index (χ4n) is 2.93. The summed E-state index contributed by atoms with van der Waals surface area (Å²) in [7, 11) is 0. The molecule has 0 aliphatic heterocycles. The molecule has 0 spiro atoms. The molecule has 0 unspecified atom stereocenters. The first-order valence-corrected chi connectivity index (χ1v) is 11.1. The molecule has 0 saturated carbocycles. The van der Waals surface area contributed by atoms with E-state index in [2.05, 4.69) is 15.6 Å². The van der Waals surface area contributed by atoms with E-state index in [-0.39, 0.29) is 17.6 Å². The maximum absolute atomic E-state index is 12.5. The molecule has 2 aromatic carbocycles. The van der Waals surface area contributed by atoms with E-state index in [1.54, 1.807) is 73.3 Å². The first kappa shape index (κ1) is 21.7. The van der Waals surface area contributed by atoms with Gasteiger partial charge in [0.25, 0.3) is 5.91 Å². The summed E-state index contributed by atoms with van der Waals surface area (Å²) in [6, 6.07) is 17.7. The molecule has 0 saturated heterocycles. The van der Waals surface area contributed by atoms with Gasteiger partial charge in [-0.15, -0.1) is 0 Å². The number of nitrogens with one attached hydrogen (secondary N) is 2. The van der Waals surface area contributed by atoms with Crippen LogP contribution in [0.5, 0.6) is 0 Å². The Morgan fingerprint density at radius 2 is 1.94 bits per heavy atom. The lowest BCUT2D eigenvalue weighted by Crippen LogP contribution is -2.22. The van der Waals surface area contributed by atoms with Gasteiger partial charge in [-0.25, -0.2) is 4.98 Å². The van der Waals surface area contributed by atoms with E-state index in [0.29, 0.717) is 33.7 Å². The lowest BCUT2D eigenvalue weighted by molar-refractivity contribution is -0.113. The molecule has 32 heavy (non-hydrogen) atoms. The molecule has 9 heteroatoms. The highest BCUT2D eigenvalue weighted by atomic mass is 35.5. The highest BCUT2D eigenvalue weighted by Gasteiger charge is 2.12. The van der Waals surface area contributed by atoms with Gasteiger partial charge in [0.1, 0.15) is 5.76 Å². The van der Waals surface area contributed by atoms with E-state index >= 15 is 0 Å². The van der Waals surface area contributed by atoms with Crippen LogP contribution in [0.15, 0.2) is 88.9 Å². The van der Waals surface area contributed by atoms with Gasteiger partial charge in [-0.3, -0.25) is 14.2 Å². The SMILES string of the molecule is O=C(CSc1nccn1-c1cccc(C(=O)NCc2ccco2)c1)Nc1ccc(Cl)cc1. The van der Waals surface area contributed by atoms with Crippen LogP contribution in [-0.2, 0) is 11.3 Å². The molecule has 0 bridgehead atoms. The second-order valence-corrected chi connectivity index (χ2v) is 8.11. The molecule has 2 amide bonds. The fraction of sp³-hybridized carbons (Fsp3) is 0.0870. The molecule has 0 atom stereocenters. The quantitative estimate of drug-likeness (QED) is 0.365. The average Bonchev–Trinajstić information content (AvgIpc) is 3.50. The van der Waals surface area contributed by atoms with Crippen molar-refractivity contribution in [1.29, 1.82) is 0 Å². The van der Waals surface area contributed by atoms with E-state index in [1.807, 2.05) is 10.6 Å². The number of halogens is 1. The number of imidazole rings is 1. The van der Waals surface area contributed by atoms with Crippen LogP contribution in [0.4, 0.5) is 5.69 Å². The van der Waals surface area contributed by atoms with Crippen LogP contribution in [0.2, 0.25) is 5.02 Å². The molecule has 0 aliphatic rings. The topological polar surface area (TPSA) is 89.2 Å². The summed E-state index contributed by atoms with van der Waals surface area (Å²) in [5.74, 6) is 0.501. The number of anilines is 1. The average molecular weight is 467 g/mol. The van der Waals surface area contributed by atoms with E-state index in [0.717, 1.165) is 5.69 Å². The normalized spacial score (nSPS) is 10.7. The number of aromatic nitrogens is 2. The number of thioether (sulfide) groups is 1. The molecule has 4 rings (SSSR count). The third-order valence-corrected chi connectivity index (χ3v) is 5.68. The van der Waals surface area contributed by atoms with Crippen molar-refractivity contribution in [2.24, 2.45) is 0 Å². The van der Waals surface area contributed by atoms with Crippen LogP contribution < -0.4 is 10.6 Å². The van der Waals surface area contributed by atoms with E-state index in [9.17, 15) is 9.59 Å². The minimum absolute atomic E-state index is 0.155. The van der Waals surface area contributed by atoms with Crippen molar-refractivity contribution in [3.05, 3.63) is 95.7 Å². The van der Waals surface area contributed by atoms with E-state index < -0.39 is 0 Å². The minimum atomic E-state index is -0.208. The van der Waals surface area contributed by atoms with Crippen LogP contribution in [0.25, 0.3) is 5.69 Å². The van der Waals surface area contributed by atoms with Crippen molar-refractivity contribution in [3.63, 3.8) is 0 Å². The molecule has 0 aliphatic carbocycles. The second kappa shape index (κ2) is 10.2. The number of carbonyl (C=O) groups excluding carboxylic acids is 2. The molecule has 2 heterocycles. The lowest BCUT2D eigenvalue weighted by atomic mass is 10.2. The number of amides is 2. The second-order valence-electron chi connectivity index (χ2n) is 6.74. The van der Waals surface area contributed by atoms with Gasteiger partial charge in [0.15, 0.2) is 5.16 Å². The zero-order chi connectivity index (χ0) is 22.3. The van der Waals surface area contributed by atoms with Crippen LogP contribution in [0, 0.1) is 0 Å². The Labute approximate surface area is 193 Å². The summed E-state index contributed by atoms with van der Waals surface area (Å²) in [6.07, 6.45) is 5.01. The predicted octanol–water partition coefficient (Wildman–Crippen LogP) is 4.78. The molecular formula is C23H19ClN4O3S. The van der Waals surface area contributed by atoms with Gasteiger partial charge in [0.05, 0.1) is 18.6 Å². The van der Waals surface area contributed by atoms with Crippen molar-refractivity contribution in [1.82, 2.24) is 14.9 Å². The van der Waals surface area contributed by atoms with Gasteiger partial charge in [-0.1, -0.05) is 29.4 Å². The van der Waals surface area contributed by atoms with Crippen molar-refractivity contribution in [2.75, 3.05) is 11.1 Å². The first-order chi connectivity index (χ1) is 15.6. The predicted molar refractivity (Wildman–Crippen MR) is 124 cm³/mol. The summed E-state index contributed by atoms with van der Waals surface area (Å²) in [5, 5.41) is 6.91. The number of furan rings is 1. The zero-order valence-electron chi connectivity index (χ0n) is 16.8. The zero-order valence-corrected chi connectivity index (χ0v) is 18.4. The van der Waals surface area contributed by atoms with E-state index in [1.165, 1.54) is 11.8 Å². The molecule has 2 aromatic heterocycles. The molecule has 2 N–H and O–H groups in total. The smallest absolute Gasteiger partial charge is 0.251 e. The Morgan fingerprint density at radius 3 is 2.72 bits per heavy atom. The summed E-state index contributed by atoms with van der Waals surface area (Å²) in [5.41, 5.74) is 1.96. The first-order valence-electron chi connectivity index (χ1n) is 9.71. The highest BCUT2D eigenvalue weighted by Crippen LogP contribution is 2.22. The van der Waals surface area contributed by atoms with Crippen molar-refractivity contribution in [2.45, 2.75) is 11.7 Å². The van der Waals surface area contributed by atoms with Crippen molar-refractivity contribution in [3.8, 4) is 5.69 Å².